The molecule has 0 fully saturated rings. The topological polar surface area (TPSA) is 50.4 Å². The fourth-order valence-electron chi connectivity index (χ4n) is 2.81. The highest BCUT2D eigenvalue weighted by Gasteiger charge is 2.30. The molecule has 2 aromatic carbocycles. The van der Waals surface area contributed by atoms with Gasteiger partial charge in [-0.25, -0.2) is 4.79 Å². The van der Waals surface area contributed by atoms with Gasteiger partial charge in [0.25, 0.3) is 0 Å². The lowest BCUT2D eigenvalue weighted by atomic mass is 9.94. The normalized spacial score (nSPS) is 17.7. The van der Waals surface area contributed by atoms with E-state index in [4.69, 9.17) is 17.0 Å². The number of rotatable bonds is 3. The van der Waals surface area contributed by atoms with Crippen LogP contribution < -0.4 is 10.6 Å². The van der Waals surface area contributed by atoms with Crippen molar-refractivity contribution in [3.8, 4) is 0 Å². The summed E-state index contributed by atoms with van der Waals surface area (Å²) in [7, 11) is 0. The first kappa shape index (κ1) is 15.5. The maximum absolute atomic E-state index is 12.4. The average Bonchev–Trinajstić information content (AvgIpc) is 2.53. The molecule has 23 heavy (non-hydrogen) atoms. The molecule has 1 aliphatic heterocycles. The zero-order valence-electron chi connectivity index (χ0n) is 13.1. The van der Waals surface area contributed by atoms with E-state index in [1.54, 1.807) is 6.92 Å². The summed E-state index contributed by atoms with van der Waals surface area (Å²) < 4.78 is 5.21. The zero-order chi connectivity index (χ0) is 16.4. The van der Waals surface area contributed by atoms with Crippen LogP contribution in [0.2, 0.25) is 0 Å². The molecule has 1 heterocycles. The fourth-order valence-corrected chi connectivity index (χ4v) is 3.08. The Kier molecular flexibility index (Phi) is 4.30. The largest absolute Gasteiger partial charge is 0.463 e. The number of hydrogen-bond acceptors (Lipinski definition) is 3. The van der Waals surface area contributed by atoms with Crippen LogP contribution in [0, 0.1) is 0 Å². The highest BCUT2D eigenvalue weighted by atomic mass is 32.1. The van der Waals surface area contributed by atoms with E-state index in [0.717, 1.165) is 22.0 Å². The van der Waals surface area contributed by atoms with Gasteiger partial charge in [0.05, 0.1) is 18.2 Å². The number of fused-ring (bicyclic) bond motifs is 1. The van der Waals surface area contributed by atoms with Crippen molar-refractivity contribution in [2.24, 2.45) is 0 Å². The van der Waals surface area contributed by atoms with Crippen molar-refractivity contribution in [3.63, 3.8) is 0 Å². The maximum Gasteiger partial charge on any atom is 0.338 e. The van der Waals surface area contributed by atoms with Gasteiger partial charge >= 0.3 is 5.97 Å². The third kappa shape index (κ3) is 3.05. The molecular weight excluding hydrogens is 308 g/mol. The Hall–Kier alpha value is -2.40. The molecule has 0 bridgehead atoms. The van der Waals surface area contributed by atoms with Gasteiger partial charge in [0.2, 0.25) is 0 Å². The first-order valence-corrected chi connectivity index (χ1v) is 7.95. The van der Waals surface area contributed by atoms with Gasteiger partial charge < -0.3 is 15.4 Å². The highest BCUT2D eigenvalue weighted by Crippen LogP contribution is 2.29. The van der Waals surface area contributed by atoms with Crippen molar-refractivity contribution in [2.75, 3.05) is 6.61 Å². The van der Waals surface area contributed by atoms with Gasteiger partial charge in [-0.3, -0.25) is 0 Å². The van der Waals surface area contributed by atoms with Crippen molar-refractivity contribution in [1.82, 2.24) is 10.6 Å². The van der Waals surface area contributed by atoms with Crippen LogP contribution in [-0.2, 0) is 9.53 Å². The van der Waals surface area contributed by atoms with Crippen molar-refractivity contribution in [1.29, 1.82) is 0 Å². The first-order chi connectivity index (χ1) is 11.1. The Morgan fingerprint density at radius 3 is 2.70 bits per heavy atom. The van der Waals surface area contributed by atoms with E-state index in [9.17, 15) is 4.79 Å². The monoisotopic (exact) mass is 326 g/mol. The van der Waals surface area contributed by atoms with Crippen LogP contribution in [-0.4, -0.2) is 17.7 Å². The zero-order valence-corrected chi connectivity index (χ0v) is 13.9. The number of ether oxygens (including phenoxy) is 1. The Balaban J connectivity index is 2.07. The second kappa shape index (κ2) is 6.38. The van der Waals surface area contributed by atoms with Crippen LogP contribution >= 0.6 is 12.2 Å². The van der Waals surface area contributed by atoms with Gasteiger partial charge in [-0.1, -0.05) is 36.4 Å². The summed E-state index contributed by atoms with van der Waals surface area (Å²) in [5, 5.41) is 8.97. The Labute approximate surface area is 140 Å². The molecule has 0 saturated heterocycles. The lowest BCUT2D eigenvalue weighted by Crippen LogP contribution is -2.45. The lowest BCUT2D eigenvalue weighted by Gasteiger charge is -2.30. The van der Waals surface area contributed by atoms with Crippen LogP contribution in [0.5, 0.6) is 0 Å². The van der Waals surface area contributed by atoms with E-state index in [1.165, 1.54) is 0 Å². The van der Waals surface area contributed by atoms with Crippen molar-refractivity contribution >= 4 is 34.1 Å². The van der Waals surface area contributed by atoms with Crippen LogP contribution in [0.4, 0.5) is 0 Å². The summed E-state index contributed by atoms with van der Waals surface area (Å²) in [6, 6.07) is 14.0. The van der Waals surface area contributed by atoms with Gasteiger partial charge in [-0.05, 0) is 48.5 Å². The van der Waals surface area contributed by atoms with Gasteiger partial charge in [0.1, 0.15) is 0 Å². The molecule has 2 N–H and O–H groups in total. The molecule has 1 aliphatic rings. The van der Waals surface area contributed by atoms with Crippen LogP contribution in [0.25, 0.3) is 10.8 Å². The van der Waals surface area contributed by atoms with Crippen LogP contribution in [0.1, 0.15) is 25.5 Å². The molecule has 2 aromatic rings. The molecule has 1 atom stereocenters. The molecule has 4 nitrogen and oxygen atoms in total. The van der Waals surface area contributed by atoms with Crippen LogP contribution in [0.3, 0.4) is 0 Å². The van der Waals surface area contributed by atoms with E-state index < -0.39 is 0 Å². The van der Waals surface area contributed by atoms with Crippen LogP contribution in [0.15, 0.2) is 53.7 Å². The molecule has 0 radical (unpaired) electrons. The predicted molar refractivity (Wildman–Crippen MR) is 94.9 cm³/mol. The molecular formula is C18H18N2O2S. The summed E-state index contributed by atoms with van der Waals surface area (Å²) >= 11 is 5.25. The first-order valence-electron chi connectivity index (χ1n) is 7.54. The lowest BCUT2D eigenvalue weighted by molar-refractivity contribution is -0.139. The molecule has 0 aliphatic carbocycles. The molecule has 0 aromatic heterocycles. The number of carbonyl (C=O) groups is 1. The summed E-state index contributed by atoms with van der Waals surface area (Å²) in [5.41, 5.74) is 2.27. The standard InChI is InChI=1S/C18H18N2O2S/c1-3-22-17(21)15-11(2)19-18(23)20-16(15)14-9-8-12-6-4-5-7-13(12)10-14/h4-10,16H,3H2,1-2H3,(H2,19,20,23). The summed E-state index contributed by atoms with van der Waals surface area (Å²) in [6.07, 6.45) is 0. The summed E-state index contributed by atoms with van der Waals surface area (Å²) in [5.74, 6) is -0.328. The molecule has 118 valence electrons. The summed E-state index contributed by atoms with van der Waals surface area (Å²) in [4.78, 5) is 12.4. The number of allylic oxidation sites excluding steroid dienone is 1. The Morgan fingerprint density at radius 2 is 1.96 bits per heavy atom. The van der Waals surface area contributed by atoms with Crippen molar-refractivity contribution in [3.05, 3.63) is 59.3 Å². The SMILES string of the molecule is CCOC(=O)C1=C(C)NC(=S)NC1c1ccc2ccccc2c1. The minimum absolute atomic E-state index is 0.313. The summed E-state index contributed by atoms with van der Waals surface area (Å²) in [6.45, 7) is 3.98. The van der Waals surface area contributed by atoms with Gasteiger partial charge in [-0.2, -0.15) is 0 Å². The third-order valence-corrected chi connectivity index (χ3v) is 4.09. The fraction of sp³-hybridized carbons (Fsp3) is 0.222. The van der Waals surface area contributed by atoms with Gasteiger partial charge in [0.15, 0.2) is 5.11 Å². The number of nitrogens with one attached hydrogen (secondary N) is 2. The van der Waals surface area contributed by atoms with E-state index >= 15 is 0 Å². The Bertz CT molecular complexity index is 814. The molecule has 0 saturated carbocycles. The molecule has 3 rings (SSSR count). The molecule has 5 heteroatoms. The van der Waals surface area contributed by atoms with Crippen molar-refractivity contribution < 1.29 is 9.53 Å². The van der Waals surface area contributed by atoms with E-state index in [2.05, 4.69) is 34.9 Å². The maximum atomic E-state index is 12.4. The second-order valence-corrected chi connectivity index (χ2v) is 5.81. The van der Waals surface area contributed by atoms with Crippen molar-refractivity contribution in [2.45, 2.75) is 19.9 Å². The minimum Gasteiger partial charge on any atom is -0.463 e. The quantitative estimate of drug-likeness (QED) is 0.670. The second-order valence-electron chi connectivity index (χ2n) is 5.40. The van der Waals surface area contributed by atoms with E-state index in [0.29, 0.717) is 17.3 Å². The molecule has 1 unspecified atom stereocenters. The number of esters is 1. The molecule has 0 amide bonds. The average molecular weight is 326 g/mol. The van der Waals surface area contributed by atoms with E-state index in [1.807, 2.05) is 25.1 Å². The Morgan fingerprint density at radius 1 is 1.22 bits per heavy atom. The number of hydrogen-bond donors (Lipinski definition) is 2. The van der Waals surface area contributed by atoms with Gasteiger partial charge in [0, 0.05) is 5.70 Å². The smallest absolute Gasteiger partial charge is 0.338 e. The van der Waals surface area contributed by atoms with Gasteiger partial charge in [-0.15, -0.1) is 0 Å². The minimum atomic E-state index is -0.328. The number of benzene rings is 2. The predicted octanol–water partition coefficient (Wildman–Crippen LogP) is 3.20. The number of carbonyl (C=O) groups excluding carboxylic acids is 1. The highest BCUT2D eigenvalue weighted by molar-refractivity contribution is 7.80. The van der Waals surface area contributed by atoms with E-state index in [-0.39, 0.29) is 12.0 Å². The molecule has 0 spiro atoms. The number of thiocarbonyl (C=S) groups is 1. The third-order valence-electron chi connectivity index (χ3n) is 3.87.